The van der Waals surface area contributed by atoms with Crippen molar-refractivity contribution in [2.75, 3.05) is 46.3 Å². The normalized spacial score (nSPS) is 17.2. The van der Waals surface area contributed by atoms with Gasteiger partial charge in [0.2, 0.25) is 0 Å². The summed E-state index contributed by atoms with van der Waals surface area (Å²) in [6.07, 6.45) is -3.79. The van der Waals surface area contributed by atoms with Gasteiger partial charge in [-0.15, -0.1) is 0 Å². The molecule has 1 aliphatic rings. The number of halogens is 3. The Morgan fingerprint density at radius 2 is 1.83 bits per heavy atom. The number of nitrogens with zero attached hydrogens (tertiary/aromatic N) is 2. The molecule has 0 unspecified atom stereocenters. The molecule has 0 aliphatic carbocycles. The van der Waals surface area contributed by atoms with Crippen molar-refractivity contribution in [1.82, 2.24) is 15.1 Å². The summed E-state index contributed by atoms with van der Waals surface area (Å²) in [5.74, 6) is -0.670. The molecule has 128 valence electrons. The lowest BCUT2D eigenvalue weighted by atomic mass is 10.1. The maximum Gasteiger partial charge on any atom is 0.417 e. The Labute approximate surface area is 134 Å². The second-order valence-electron chi connectivity index (χ2n) is 5.80. The molecule has 0 saturated carbocycles. The number of benzene rings is 1. The van der Waals surface area contributed by atoms with E-state index >= 15 is 0 Å². The molecular formula is C16H22F3N3O. The number of carbonyl (C=O) groups is 1. The highest BCUT2D eigenvalue weighted by Crippen LogP contribution is 2.31. The summed E-state index contributed by atoms with van der Waals surface area (Å²) in [6.45, 7) is 5.23. The van der Waals surface area contributed by atoms with Crippen LogP contribution in [0.15, 0.2) is 24.3 Å². The summed E-state index contributed by atoms with van der Waals surface area (Å²) in [4.78, 5) is 16.5. The molecule has 7 heteroatoms. The SMILES string of the molecule is CN1CCN(CCCNC(=O)c2ccccc2C(F)(F)F)CC1. The molecule has 1 aromatic carbocycles. The summed E-state index contributed by atoms with van der Waals surface area (Å²) in [6, 6.07) is 4.86. The van der Waals surface area contributed by atoms with Crippen LogP contribution in [0.2, 0.25) is 0 Å². The molecule has 1 saturated heterocycles. The number of amides is 1. The third-order valence-corrected chi connectivity index (χ3v) is 4.01. The predicted octanol–water partition coefficient (Wildman–Crippen LogP) is 2.07. The number of alkyl halides is 3. The van der Waals surface area contributed by atoms with Crippen LogP contribution in [0.4, 0.5) is 13.2 Å². The van der Waals surface area contributed by atoms with Gasteiger partial charge in [-0.05, 0) is 32.1 Å². The molecule has 1 heterocycles. The minimum absolute atomic E-state index is 0.320. The molecule has 0 bridgehead atoms. The molecule has 1 amide bonds. The molecular weight excluding hydrogens is 307 g/mol. The molecule has 1 aromatic rings. The lowest BCUT2D eigenvalue weighted by Crippen LogP contribution is -2.45. The molecule has 2 rings (SSSR count). The second kappa shape index (κ2) is 7.79. The zero-order valence-electron chi connectivity index (χ0n) is 13.2. The fourth-order valence-corrected chi connectivity index (χ4v) is 2.60. The zero-order valence-corrected chi connectivity index (χ0v) is 13.2. The fourth-order valence-electron chi connectivity index (χ4n) is 2.60. The Morgan fingerprint density at radius 1 is 1.17 bits per heavy atom. The van der Waals surface area contributed by atoms with Crippen LogP contribution in [0.1, 0.15) is 22.3 Å². The minimum atomic E-state index is -4.52. The first-order valence-electron chi connectivity index (χ1n) is 7.73. The van der Waals surface area contributed by atoms with Crippen molar-refractivity contribution in [2.24, 2.45) is 0 Å². The van der Waals surface area contributed by atoms with E-state index in [2.05, 4.69) is 22.2 Å². The van der Waals surface area contributed by atoms with Crippen molar-refractivity contribution >= 4 is 5.91 Å². The predicted molar refractivity (Wildman–Crippen MR) is 82.3 cm³/mol. The van der Waals surface area contributed by atoms with Gasteiger partial charge < -0.3 is 15.1 Å². The highest BCUT2D eigenvalue weighted by atomic mass is 19.4. The van der Waals surface area contributed by atoms with E-state index in [9.17, 15) is 18.0 Å². The zero-order chi connectivity index (χ0) is 16.9. The van der Waals surface area contributed by atoms with E-state index < -0.39 is 17.6 Å². The molecule has 0 radical (unpaired) electrons. The van der Waals surface area contributed by atoms with Crippen LogP contribution in [0.25, 0.3) is 0 Å². The van der Waals surface area contributed by atoms with E-state index in [1.54, 1.807) is 0 Å². The third kappa shape index (κ3) is 5.21. The van der Waals surface area contributed by atoms with Crippen molar-refractivity contribution in [2.45, 2.75) is 12.6 Å². The largest absolute Gasteiger partial charge is 0.417 e. The number of piperazine rings is 1. The molecule has 1 fully saturated rings. The van der Waals surface area contributed by atoms with Crippen molar-refractivity contribution < 1.29 is 18.0 Å². The Bertz CT molecular complexity index is 526. The van der Waals surface area contributed by atoms with Crippen LogP contribution in [0, 0.1) is 0 Å². The number of nitrogens with one attached hydrogen (secondary N) is 1. The standard InChI is InChI=1S/C16H22F3N3O/c1-21-9-11-22(12-10-21)8-4-7-20-15(23)13-5-2-3-6-14(13)16(17,18)19/h2-3,5-6H,4,7-12H2,1H3,(H,20,23). The van der Waals surface area contributed by atoms with Crippen LogP contribution in [0.3, 0.4) is 0 Å². The molecule has 0 atom stereocenters. The van der Waals surface area contributed by atoms with Gasteiger partial charge in [0.15, 0.2) is 0 Å². The average molecular weight is 329 g/mol. The number of rotatable bonds is 5. The molecule has 23 heavy (non-hydrogen) atoms. The Morgan fingerprint density at radius 3 is 2.48 bits per heavy atom. The van der Waals surface area contributed by atoms with E-state index in [1.165, 1.54) is 18.2 Å². The van der Waals surface area contributed by atoms with Crippen LogP contribution in [-0.4, -0.2) is 62.0 Å². The molecule has 1 N–H and O–H groups in total. The van der Waals surface area contributed by atoms with Crippen molar-refractivity contribution in [3.8, 4) is 0 Å². The lowest BCUT2D eigenvalue weighted by Gasteiger charge is -2.32. The quantitative estimate of drug-likeness (QED) is 0.840. The van der Waals surface area contributed by atoms with Crippen LogP contribution in [-0.2, 0) is 6.18 Å². The van der Waals surface area contributed by atoms with Crippen LogP contribution < -0.4 is 5.32 Å². The van der Waals surface area contributed by atoms with Gasteiger partial charge in [-0.2, -0.15) is 13.2 Å². The average Bonchev–Trinajstić information content (AvgIpc) is 2.52. The third-order valence-electron chi connectivity index (χ3n) is 4.01. The summed E-state index contributed by atoms with van der Waals surface area (Å²) in [5, 5.41) is 2.58. The number of hydrogen-bond donors (Lipinski definition) is 1. The molecule has 0 spiro atoms. The number of carbonyl (C=O) groups excluding carboxylic acids is 1. The van der Waals surface area contributed by atoms with Gasteiger partial charge in [0, 0.05) is 32.7 Å². The van der Waals surface area contributed by atoms with E-state index in [1.807, 2.05) is 0 Å². The summed E-state index contributed by atoms with van der Waals surface area (Å²) in [5.41, 5.74) is -1.21. The highest BCUT2D eigenvalue weighted by molar-refractivity contribution is 5.95. The van der Waals surface area contributed by atoms with Crippen molar-refractivity contribution in [1.29, 1.82) is 0 Å². The van der Waals surface area contributed by atoms with Crippen LogP contribution >= 0.6 is 0 Å². The van der Waals surface area contributed by atoms with Crippen LogP contribution in [0.5, 0.6) is 0 Å². The molecule has 0 aromatic heterocycles. The lowest BCUT2D eigenvalue weighted by molar-refractivity contribution is -0.137. The first kappa shape index (κ1) is 17.7. The Hall–Kier alpha value is -1.60. The van der Waals surface area contributed by atoms with Gasteiger partial charge >= 0.3 is 6.18 Å². The summed E-state index contributed by atoms with van der Waals surface area (Å²) in [7, 11) is 2.08. The molecule has 1 aliphatic heterocycles. The van der Waals surface area contributed by atoms with Gasteiger partial charge in [0.05, 0.1) is 11.1 Å². The van der Waals surface area contributed by atoms with E-state index in [-0.39, 0.29) is 5.56 Å². The van der Waals surface area contributed by atoms with E-state index in [0.717, 1.165) is 45.2 Å². The highest BCUT2D eigenvalue weighted by Gasteiger charge is 2.34. The molecule has 4 nitrogen and oxygen atoms in total. The van der Waals surface area contributed by atoms with Gasteiger partial charge in [-0.1, -0.05) is 12.1 Å². The minimum Gasteiger partial charge on any atom is -0.352 e. The van der Waals surface area contributed by atoms with Gasteiger partial charge in [0.1, 0.15) is 0 Å². The first-order valence-corrected chi connectivity index (χ1v) is 7.73. The van der Waals surface area contributed by atoms with E-state index in [0.29, 0.717) is 6.54 Å². The smallest absolute Gasteiger partial charge is 0.352 e. The fraction of sp³-hybridized carbons (Fsp3) is 0.562. The topological polar surface area (TPSA) is 35.6 Å². The Balaban J connectivity index is 1.79. The first-order chi connectivity index (χ1) is 10.9. The van der Waals surface area contributed by atoms with E-state index in [4.69, 9.17) is 0 Å². The Kier molecular flexibility index (Phi) is 6.01. The maximum absolute atomic E-state index is 12.9. The van der Waals surface area contributed by atoms with Crippen molar-refractivity contribution in [3.05, 3.63) is 35.4 Å². The maximum atomic E-state index is 12.9. The number of likely N-dealkylation sites (N-methyl/N-ethyl adjacent to an activating group) is 1. The van der Waals surface area contributed by atoms with Gasteiger partial charge in [0.25, 0.3) is 5.91 Å². The second-order valence-corrected chi connectivity index (χ2v) is 5.80. The monoisotopic (exact) mass is 329 g/mol. The number of hydrogen-bond acceptors (Lipinski definition) is 3. The van der Waals surface area contributed by atoms with Gasteiger partial charge in [-0.3, -0.25) is 4.79 Å². The summed E-state index contributed by atoms with van der Waals surface area (Å²) >= 11 is 0. The van der Waals surface area contributed by atoms with Gasteiger partial charge in [-0.25, -0.2) is 0 Å². The summed E-state index contributed by atoms with van der Waals surface area (Å²) < 4.78 is 38.6. The van der Waals surface area contributed by atoms with Crippen molar-refractivity contribution in [3.63, 3.8) is 0 Å².